The van der Waals surface area contributed by atoms with Crippen LogP contribution in [0.5, 0.6) is 5.75 Å². The fourth-order valence-electron chi connectivity index (χ4n) is 2.02. The number of methoxy groups -OCH3 is 1. The van der Waals surface area contributed by atoms with E-state index in [4.69, 9.17) is 4.74 Å². The van der Waals surface area contributed by atoms with Gasteiger partial charge in [0.2, 0.25) is 5.91 Å². The molecule has 2 aromatic heterocycles. The number of nitrogens with one attached hydrogen (secondary N) is 1. The Bertz CT molecular complexity index is 826. The Morgan fingerprint density at radius 1 is 1.39 bits per heavy atom. The Kier molecular flexibility index (Phi) is 4.68. The predicted molar refractivity (Wildman–Crippen MR) is 93.3 cm³/mol. The van der Waals surface area contributed by atoms with Crippen LogP contribution in [-0.2, 0) is 11.2 Å². The van der Waals surface area contributed by atoms with Crippen molar-refractivity contribution in [3.8, 4) is 16.3 Å². The van der Waals surface area contributed by atoms with Crippen molar-refractivity contribution < 1.29 is 9.53 Å². The van der Waals surface area contributed by atoms with Gasteiger partial charge in [0.25, 0.3) is 0 Å². The molecule has 0 bridgehead atoms. The molecule has 3 aromatic rings. The Balaban J connectivity index is 1.68. The highest BCUT2D eigenvalue weighted by molar-refractivity contribution is 7.15. The third kappa shape index (κ3) is 3.94. The number of aromatic nitrogens is 2. The van der Waals surface area contributed by atoms with E-state index in [1.54, 1.807) is 13.3 Å². The zero-order valence-electron chi connectivity index (χ0n) is 12.7. The van der Waals surface area contributed by atoms with Gasteiger partial charge in [-0.2, -0.15) is 0 Å². The molecule has 5 nitrogen and oxygen atoms in total. The maximum atomic E-state index is 12.0. The minimum absolute atomic E-state index is 0.109. The van der Waals surface area contributed by atoms with E-state index in [-0.39, 0.29) is 12.3 Å². The molecule has 0 unspecified atom stereocenters. The molecule has 1 N–H and O–H groups in total. The van der Waals surface area contributed by atoms with Gasteiger partial charge in [0.05, 0.1) is 19.2 Å². The molecule has 1 aromatic carbocycles. The van der Waals surface area contributed by atoms with Gasteiger partial charge in [0.1, 0.15) is 10.8 Å². The quantitative estimate of drug-likeness (QED) is 0.764. The number of hydrogen-bond donors (Lipinski definition) is 1. The number of thiazole rings is 2. The number of carbonyl (C=O) groups is 1. The van der Waals surface area contributed by atoms with Crippen molar-refractivity contribution in [2.75, 3.05) is 12.4 Å². The number of anilines is 1. The SMILES string of the molecule is COc1cccc(-c2nc(CC(=O)Nc3ncc(C)s3)cs2)c1. The number of aryl methyl sites for hydroxylation is 1. The summed E-state index contributed by atoms with van der Waals surface area (Å²) in [6.45, 7) is 1.95. The molecule has 3 rings (SSSR count). The highest BCUT2D eigenvalue weighted by Gasteiger charge is 2.11. The maximum Gasteiger partial charge on any atom is 0.232 e. The molecule has 0 aliphatic heterocycles. The molecule has 0 atom stereocenters. The number of hydrogen-bond acceptors (Lipinski definition) is 6. The van der Waals surface area contributed by atoms with Crippen molar-refractivity contribution in [1.29, 1.82) is 0 Å². The molecule has 1 amide bonds. The Morgan fingerprint density at radius 2 is 2.26 bits per heavy atom. The first-order chi connectivity index (χ1) is 11.1. The van der Waals surface area contributed by atoms with E-state index in [1.165, 1.54) is 22.7 Å². The molecular formula is C16H15N3O2S2. The molecule has 118 valence electrons. The standard InChI is InChI=1S/C16H15N3O2S2/c1-10-8-17-16(23-10)19-14(20)7-12-9-22-15(18-12)11-4-3-5-13(6-11)21-2/h3-6,8-9H,7H2,1-2H3,(H,17,19,20). The van der Waals surface area contributed by atoms with Gasteiger partial charge in [0.15, 0.2) is 5.13 Å². The minimum atomic E-state index is -0.109. The molecule has 7 heteroatoms. The first-order valence-corrected chi connectivity index (χ1v) is 8.65. The third-order valence-corrected chi connectivity index (χ3v) is 4.85. The van der Waals surface area contributed by atoms with Crippen LogP contribution in [0.4, 0.5) is 5.13 Å². The normalized spacial score (nSPS) is 10.5. The average molecular weight is 345 g/mol. The van der Waals surface area contributed by atoms with E-state index in [9.17, 15) is 4.79 Å². The molecule has 0 aliphatic rings. The number of benzene rings is 1. The summed E-state index contributed by atoms with van der Waals surface area (Å²) < 4.78 is 5.22. The van der Waals surface area contributed by atoms with Crippen molar-refractivity contribution in [3.63, 3.8) is 0 Å². The minimum Gasteiger partial charge on any atom is -0.497 e. The second kappa shape index (κ2) is 6.89. The van der Waals surface area contributed by atoms with Gasteiger partial charge < -0.3 is 10.1 Å². The van der Waals surface area contributed by atoms with Crippen molar-refractivity contribution >= 4 is 33.7 Å². The van der Waals surface area contributed by atoms with E-state index < -0.39 is 0 Å². The molecule has 23 heavy (non-hydrogen) atoms. The van der Waals surface area contributed by atoms with Crippen LogP contribution in [0.15, 0.2) is 35.8 Å². The summed E-state index contributed by atoms with van der Waals surface area (Å²) in [7, 11) is 1.64. The second-order valence-electron chi connectivity index (χ2n) is 4.88. The van der Waals surface area contributed by atoms with Crippen LogP contribution in [-0.4, -0.2) is 23.0 Å². The van der Waals surface area contributed by atoms with E-state index in [0.717, 1.165) is 26.9 Å². The fraction of sp³-hybridized carbons (Fsp3) is 0.188. The van der Waals surface area contributed by atoms with Crippen LogP contribution in [0.25, 0.3) is 10.6 Å². The summed E-state index contributed by atoms with van der Waals surface area (Å²) in [6, 6.07) is 7.72. The average Bonchev–Trinajstić information content (AvgIpc) is 3.16. The lowest BCUT2D eigenvalue weighted by atomic mass is 10.2. The van der Waals surface area contributed by atoms with Gasteiger partial charge >= 0.3 is 0 Å². The largest absolute Gasteiger partial charge is 0.497 e. The lowest BCUT2D eigenvalue weighted by Crippen LogP contribution is -2.14. The van der Waals surface area contributed by atoms with Crippen molar-refractivity contribution in [2.45, 2.75) is 13.3 Å². The summed E-state index contributed by atoms with van der Waals surface area (Å²) in [5.41, 5.74) is 1.73. The van der Waals surface area contributed by atoms with Crippen LogP contribution < -0.4 is 10.1 Å². The molecule has 0 aliphatic carbocycles. The van der Waals surface area contributed by atoms with Gasteiger partial charge in [-0.25, -0.2) is 9.97 Å². The van der Waals surface area contributed by atoms with Crippen LogP contribution in [0.1, 0.15) is 10.6 Å². The van der Waals surface area contributed by atoms with Crippen molar-refractivity contribution in [2.24, 2.45) is 0 Å². The van der Waals surface area contributed by atoms with E-state index in [1.807, 2.05) is 36.6 Å². The fourth-order valence-corrected chi connectivity index (χ4v) is 3.51. The maximum absolute atomic E-state index is 12.0. The van der Waals surface area contributed by atoms with Crippen LogP contribution in [0, 0.1) is 6.92 Å². The van der Waals surface area contributed by atoms with E-state index in [2.05, 4.69) is 15.3 Å². The Hall–Kier alpha value is -2.25. The summed E-state index contributed by atoms with van der Waals surface area (Å²) in [6.07, 6.45) is 1.98. The van der Waals surface area contributed by atoms with Gasteiger partial charge in [-0.15, -0.1) is 22.7 Å². The van der Waals surface area contributed by atoms with Gasteiger partial charge in [-0.1, -0.05) is 12.1 Å². The summed E-state index contributed by atoms with van der Waals surface area (Å²) >= 11 is 2.97. The van der Waals surface area contributed by atoms with Crippen LogP contribution in [0.2, 0.25) is 0 Å². The van der Waals surface area contributed by atoms with Gasteiger partial charge in [-0.3, -0.25) is 4.79 Å². The lowest BCUT2D eigenvalue weighted by molar-refractivity contribution is -0.115. The smallest absolute Gasteiger partial charge is 0.232 e. The summed E-state index contributed by atoms with van der Waals surface area (Å²) in [4.78, 5) is 21.8. The topological polar surface area (TPSA) is 64.1 Å². The Labute approximate surface area is 142 Å². The summed E-state index contributed by atoms with van der Waals surface area (Å²) in [5.74, 6) is 0.679. The van der Waals surface area contributed by atoms with Crippen molar-refractivity contribution in [3.05, 3.63) is 46.4 Å². The highest BCUT2D eigenvalue weighted by atomic mass is 32.1. The molecule has 2 heterocycles. The molecule has 0 spiro atoms. The molecule has 0 fully saturated rings. The van der Waals surface area contributed by atoms with E-state index >= 15 is 0 Å². The van der Waals surface area contributed by atoms with Crippen molar-refractivity contribution in [1.82, 2.24) is 9.97 Å². The van der Waals surface area contributed by atoms with Crippen LogP contribution >= 0.6 is 22.7 Å². The second-order valence-corrected chi connectivity index (χ2v) is 6.97. The number of carbonyl (C=O) groups excluding carboxylic acids is 1. The molecule has 0 saturated carbocycles. The van der Waals surface area contributed by atoms with E-state index in [0.29, 0.717) is 5.13 Å². The summed E-state index contributed by atoms with van der Waals surface area (Å²) in [5, 5.41) is 6.19. The van der Waals surface area contributed by atoms with Gasteiger partial charge in [-0.05, 0) is 19.1 Å². The van der Waals surface area contributed by atoms with Crippen LogP contribution in [0.3, 0.4) is 0 Å². The third-order valence-electron chi connectivity index (χ3n) is 3.08. The number of nitrogens with zero attached hydrogens (tertiary/aromatic N) is 2. The first kappa shape index (κ1) is 15.6. The number of rotatable bonds is 5. The lowest BCUT2D eigenvalue weighted by Gasteiger charge is -2.01. The number of ether oxygens (including phenoxy) is 1. The monoisotopic (exact) mass is 345 g/mol. The molecule has 0 saturated heterocycles. The number of amides is 1. The Morgan fingerprint density at radius 3 is 3.00 bits per heavy atom. The first-order valence-electron chi connectivity index (χ1n) is 6.95. The zero-order valence-corrected chi connectivity index (χ0v) is 14.3. The van der Waals surface area contributed by atoms with Gasteiger partial charge in [0, 0.05) is 22.0 Å². The molecule has 0 radical (unpaired) electrons. The highest BCUT2D eigenvalue weighted by Crippen LogP contribution is 2.27. The molecular weight excluding hydrogens is 330 g/mol. The predicted octanol–water partition coefficient (Wildman–Crippen LogP) is 3.76. The zero-order chi connectivity index (χ0) is 16.2.